The van der Waals surface area contributed by atoms with E-state index in [-0.39, 0.29) is 11.9 Å². The Balaban J connectivity index is 1.91. The van der Waals surface area contributed by atoms with Crippen LogP contribution in [-0.2, 0) is 4.79 Å². The summed E-state index contributed by atoms with van der Waals surface area (Å²) in [5, 5.41) is 2.95. The topological polar surface area (TPSA) is 47.6 Å². The molecule has 0 aliphatic carbocycles. The fourth-order valence-corrected chi connectivity index (χ4v) is 2.07. The molecular formula is C18H21NO3. The Morgan fingerprint density at radius 1 is 0.955 bits per heavy atom. The molecule has 2 aromatic rings. The Hall–Kier alpha value is -2.49. The van der Waals surface area contributed by atoms with Crippen molar-refractivity contribution in [1.82, 2.24) is 5.32 Å². The lowest BCUT2D eigenvalue weighted by atomic mass is 10.1. The molecule has 1 amide bonds. The number of benzene rings is 2. The normalized spacial score (nSPS) is 13.0. The lowest BCUT2D eigenvalue weighted by Crippen LogP contribution is -2.37. The van der Waals surface area contributed by atoms with Crippen LogP contribution in [-0.4, -0.2) is 19.1 Å². The van der Waals surface area contributed by atoms with E-state index in [0.29, 0.717) is 5.75 Å². The van der Waals surface area contributed by atoms with Crippen molar-refractivity contribution in [3.8, 4) is 11.5 Å². The maximum atomic E-state index is 12.2. The Labute approximate surface area is 131 Å². The predicted molar refractivity (Wildman–Crippen MR) is 86.1 cm³/mol. The van der Waals surface area contributed by atoms with Crippen molar-refractivity contribution >= 4 is 5.91 Å². The van der Waals surface area contributed by atoms with Crippen LogP contribution in [0.1, 0.15) is 25.5 Å². The number of carbonyl (C=O) groups is 1. The lowest BCUT2D eigenvalue weighted by molar-refractivity contribution is -0.127. The van der Waals surface area contributed by atoms with Gasteiger partial charge in [0.05, 0.1) is 13.2 Å². The van der Waals surface area contributed by atoms with Gasteiger partial charge in [-0.3, -0.25) is 4.79 Å². The molecule has 22 heavy (non-hydrogen) atoms. The van der Waals surface area contributed by atoms with Gasteiger partial charge in [-0.05, 0) is 43.7 Å². The molecule has 2 atom stereocenters. The summed E-state index contributed by atoms with van der Waals surface area (Å²) in [4.78, 5) is 12.2. The molecule has 4 nitrogen and oxygen atoms in total. The molecule has 0 spiro atoms. The quantitative estimate of drug-likeness (QED) is 0.890. The molecule has 0 aromatic heterocycles. The zero-order valence-corrected chi connectivity index (χ0v) is 13.1. The summed E-state index contributed by atoms with van der Waals surface area (Å²) in [6.45, 7) is 3.69. The highest BCUT2D eigenvalue weighted by Crippen LogP contribution is 2.18. The van der Waals surface area contributed by atoms with Crippen molar-refractivity contribution < 1.29 is 14.3 Å². The SMILES string of the molecule is COc1ccc(O[C@@H](C)C(=O)N[C@H](C)c2ccccc2)cc1. The van der Waals surface area contributed by atoms with Gasteiger partial charge in [0.15, 0.2) is 6.10 Å². The van der Waals surface area contributed by atoms with Gasteiger partial charge in [-0.1, -0.05) is 30.3 Å². The second-order valence-corrected chi connectivity index (χ2v) is 5.08. The van der Waals surface area contributed by atoms with Crippen molar-refractivity contribution in [3.63, 3.8) is 0 Å². The smallest absolute Gasteiger partial charge is 0.261 e. The van der Waals surface area contributed by atoms with Gasteiger partial charge in [0.2, 0.25) is 0 Å². The van der Waals surface area contributed by atoms with Crippen LogP contribution in [0.15, 0.2) is 54.6 Å². The van der Waals surface area contributed by atoms with E-state index in [2.05, 4.69) is 5.32 Å². The summed E-state index contributed by atoms with van der Waals surface area (Å²) in [5.41, 5.74) is 1.06. The predicted octanol–water partition coefficient (Wildman–Crippen LogP) is 3.34. The average molecular weight is 299 g/mol. The van der Waals surface area contributed by atoms with Gasteiger partial charge < -0.3 is 14.8 Å². The molecule has 0 heterocycles. The molecular weight excluding hydrogens is 278 g/mol. The van der Waals surface area contributed by atoms with Crippen molar-refractivity contribution in [2.24, 2.45) is 0 Å². The largest absolute Gasteiger partial charge is 0.497 e. The van der Waals surface area contributed by atoms with Crippen molar-refractivity contribution in [3.05, 3.63) is 60.2 Å². The van der Waals surface area contributed by atoms with E-state index in [9.17, 15) is 4.79 Å². The summed E-state index contributed by atoms with van der Waals surface area (Å²) in [6.07, 6.45) is -0.570. The Morgan fingerprint density at radius 3 is 2.14 bits per heavy atom. The standard InChI is InChI=1S/C18H21NO3/c1-13(15-7-5-4-6-8-15)19-18(20)14(2)22-17-11-9-16(21-3)10-12-17/h4-14H,1-3H3,(H,19,20)/t13-,14+/m1/s1. The molecule has 0 aliphatic heterocycles. The third-order valence-electron chi connectivity index (χ3n) is 3.40. The number of hydrogen-bond donors (Lipinski definition) is 1. The van der Waals surface area contributed by atoms with Crippen molar-refractivity contribution in [2.75, 3.05) is 7.11 Å². The average Bonchev–Trinajstić information content (AvgIpc) is 2.56. The fourth-order valence-electron chi connectivity index (χ4n) is 2.07. The molecule has 1 N–H and O–H groups in total. The van der Waals surface area contributed by atoms with Crippen LogP contribution in [0.3, 0.4) is 0 Å². The molecule has 2 aromatic carbocycles. The molecule has 0 saturated carbocycles. The summed E-state index contributed by atoms with van der Waals surface area (Å²) in [5.74, 6) is 1.24. The van der Waals surface area contributed by atoms with Crippen LogP contribution in [0.2, 0.25) is 0 Å². The maximum absolute atomic E-state index is 12.2. The van der Waals surface area contributed by atoms with E-state index in [1.807, 2.05) is 37.3 Å². The number of ether oxygens (including phenoxy) is 2. The van der Waals surface area contributed by atoms with Gasteiger partial charge in [0.1, 0.15) is 11.5 Å². The first-order valence-electron chi connectivity index (χ1n) is 7.26. The number of carbonyl (C=O) groups excluding carboxylic acids is 1. The minimum Gasteiger partial charge on any atom is -0.497 e. The highest BCUT2D eigenvalue weighted by atomic mass is 16.5. The molecule has 0 unspecified atom stereocenters. The highest BCUT2D eigenvalue weighted by molar-refractivity contribution is 5.81. The zero-order valence-electron chi connectivity index (χ0n) is 13.1. The van der Waals surface area contributed by atoms with E-state index >= 15 is 0 Å². The molecule has 0 aliphatic rings. The van der Waals surface area contributed by atoms with Crippen LogP contribution < -0.4 is 14.8 Å². The summed E-state index contributed by atoms with van der Waals surface area (Å²) in [6, 6.07) is 16.9. The van der Waals surface area contributed by atoms with E-state index in [1.165, 1.54) is 0 Å². The van der Waals surface area contributed by atoms with Crippen molar-refractivity contribution in [1.29, 1.82) is 0 Å². The first-order valence-corrected chi connectivity index (χ1v) is 7.26. The minimum absolute atomic E-state index is 0.0596. The number of amides is 1. The molecule has 0 radical (unpaired) electrons. The molecule has 116 valence electrons. The monoisotopic (exact) mass is 299 g/mol. The molecule has 0 bridgehead atoms. The van der Waals surface area contributed by atoms with Gasteiger partial charge in [0, 0.05) is 0 Å². The Morgan fingerprint density at radius 2 is 1.55 bits per heavy atom. The van der Waals surface area contributed by atoms with Crippen LogP contribution in [0, 0.1) is 0 Å². The second-order valence-electron chi connectivity index (χ2n) is 5.08. The van der Waals surface area contributed by atoms with Crippen LogP contribution >= 0.6 is 0 Å². The van der Waals surface area contributed by atoms with Gasteiger partial charge >= 0.3 is 0 Å². The van der Waals surface area contributed by atoms with Crippen molar-refractivity contribution in [2.45, 2.75) is 26.0 Å². The lowest BCUT2D eigenvalue weighted by Gasteiger charge is -2.19. The summed E-state index contributed by atoms with van der Waals surface area (Å²) >= 11 is 0. The van der Waals surface area contributed by atoms with Gasteiger partial charge in [0.25, 0.3) is 5.91 Å². The Bertz CT molecular complexity index is 595. The number of hydrogen-bond acceptors (Lipinski definition) is 3. The van der Waals surface area contributed by atoms with Gasteiger partial charge in [-0.15, -0.1) is 0 Å². The van der Waals surface area contributed by atoms with Crippen LogP contribution in [0.4, 0.5) is 0 Å². The maximum Gasteiger partial charge on any atom is 0.261 e. The first kappa shape index (κ1) is 15.9. The van der Waals surface area contributed by atoms with E-state index in [1.54, 1.807) is 38.3 Å². The molecule has 2 rings (SSSR count). The third kappa shape index (κ3) is 4.25. The number of rotatable bonds is 6. The number of nitrogens with one attached hydrogen (secondary N) is 1. The summed E-state index contributed by atoms with van der Waals surface area (Å²) in [7, 11) is 1.61. The Kier molecular flexibility index (Phi) is 5.42. The first-order chi connectivity index (χ1) is 10.6. The fraction of sp³-hybridized carbons (Fsp3) is 0.278. The minimum atomic E-state index is -0.570. The number of methoxy groups -OCH3 is 1. The highest BCUT2D eigenvalue weighted by Gasteiger charge is 2.17. The van der Waals surface area contributed by atoms with E-state index in [0.717, 1.165) is 11.3 Å². The van der Waals surface area contributed by atoms with E-state index < -0.39 is 6.10 Å². The molecule has 0 fully saturated rings. The van der Waals surface area contributed by atoms with Crippen LogP contribution in [0.25, 0.3) is 0 Å². The summed E-state index contributed by atoms with van der Waals surface area (Å²) < 4.78 is 10.7. The zero-order chi connectivity index (χ0) is 15.9. The third-order valence-corrected chi connectivity index (χ3v) is 3.40. The van der Waals surface area contributed by atoms with Gasteiger partial charge in [-0.2, -0.15) is 0 Å². The molecule has 0 saturated heterocycles. The second kappa shape index (κ2) is 7.50. The van der Waals surface area contributed by atoms with Crippen LogP contribution in [0.5, 0.6) is 11.5 Å². The van der Waals surface area contributed by atoms with Gasteiger partial charge in [-0.25, -0.2) is 0 Å². The molecule has 4 heteroatoms. The van der Waals surface area contributed by atoms with E-state index in [4.69, 9.17) is 9.47 Å².